The molecule has 0 radical (unpaired) electrons. The Morgan fingerprint density at radius 3 is 2.95 bits per heavy atom. The van der Waals surface area contributed by atoms with E-state index in [1.165, 1.54) is 12.8 Å². The largest absolute Gasteiger partial charge is 0.478 e. The molecule has 1 N–H and O–H groups in total. The zero-order valence-electron chi connectivity index (χ0n) is 12.2. The van der Waals surface area contributed by atoms with Gasteiger partial charge in [0.15, 0.2) is 0 Å². The number of hydrogen-bond acceptors (Lipinski definition) is 3. The van der Waals surface area contributed by atoms with Gasteiger partial charge < -0.3 is 14.4 Å². The molecule has 0 bridgehead atoms. The number of hydrogen-bond donors (Lipinski definition) is 1. The number of carboxylic acids is 1. The fraction of sp³-hybridized carbons (Fsp3) is 0.500. The molecule has 21 heavy (non-hydrogen) atoms. The molecular weight excluding hydrogens is 268 g/mol. The topological polar surface area (TPSA) is 64.3 Å². The minimum Gasteiger partial charge on any atom is -0.478 e. The van der Waals surface area contributed by atoms with Gasteiger partial charge in [-0.2, -0.15) is 0 Å². The third kappa shape index (κ3) is 2.93. The summed E-state index contributed by atoms with van der Waals surface area (Å²) in [4.78, 5) is 15.8. The number of benzene rings is 1. The van der Waals surface area contributed by atoms with Gasteiger partial charge in [0.2, 0.25) is 0 Å². The molecule has 1 heterocycles. The Balaban J connectivity index is 1.84. The van der Waals surface area contributed by atoms with Crippen LogP contribution >= 0.6 is 0 Å². The first-order valence-electron chi connectivity index (χ1n) is 7.50. The third-order valence-corrected chi connectivity index (χ3v) is 3.91. The van der Waals surface area contributed by atoms with Gasteiger partial charge in [-0.3, -0.25) is 0 Å². The Bertz CT molecular complexity index is 659. The van der Waals surface area contributed by atoms with Crippen molar-refractivity contribution < 1.29 is 14.6 Å². The van der Waals surface area contributed by atoms with Crippen molar-refractivity contribution in [3.05, 3.63) is 29.6 Å². The van der Waals surface area contributed by atoms with E-state index in [0.717, 1.165) is 36.8 Å². The number of para-hydroxylation sites is 1. The van der Waals surface area contributed by atoms with E-state index in [2.05, 4.69) is 9.55 Å². The summed E-state index contributed by atoms with van der Waals surface area (Å²) in [6, 6.07) is 5.30. The standard InChI is InChI=1S/C16H20N2O3/c1-2-14-17-15-12(16(19)20)4-3-5-13(15)18(14)8-9-21-10-11-6-7-11/h3-5,11H,2,6-10H2,1H3,(H,19,20). The molecule has 0 amide bonds. The summed E-state index contributed by atoms with van der Waals surface area (Å²) in [7, 11) is 0. The first-order valence-corrected chi connectivity index (χ1v) is 7.50. The number of aryl methyl sites for hydroxylation is 1. The molecule has 1 aliphatic rings. The van der Waals surface area contributed by atoms with Gasteiger partial charge in [0, 0.05) is 19.6 Å². The van der Waals surface area contributed by atoms with Crippen molar-refractivity contribution in [1.82, 2.24) is 9.55 Å². The first-order chi connectivity index (χ1) is 10.2. The summed E-state index contributed by atoms with van der Waals surface area (Å²) < 4.78 is 7.77. The molecule has 1 aromatic carbocycles. The molecule has 0 atom stereocenters. The lowest BCUT2D eigenvalue weighted by atomic mass is 10.2. The number of aromatic carboxylic acids is 1. The molecule has 5 nitrogen and oxygen atoms in total. The predicted octanol–water partition coefficient (Wildman–Crippen LogP) is 2.72. The van der Waals surface area contributed by atoms with Crippen LogP contribution in [0.1, 0.15) is 35.9 Å². The van der Waals surface area contributed by atoms with Crippen molar-refractivity contribution in [3.8, 4) is 0 Å². The quantitative estimate of drug-likeness (QED) is 0.796. The van der Waals surface area contributed by atoms with Crippen molar-refractivity contribution >= 4 is 17.0 Å². The molecule has 0 unspecified atom stereocenters. The molecule has 1 aliphatic carbocycles. The van der Waals surface area contributed by atoms with Gasteiger partial charge in [0.25, 0.3) is 0 Å². The van der Waals surface area contributed by atoms with Gasteiger partial charge in [0.05, 0.1) is 17.7 Å². The van der Waals surface area contributed by atoms with Crippen molar-refractivity contribution in [2.45, 2.75) is 32.7 Å². The van der Waals surface area contributed by atoms with E-state index >= 15 is 0 Å². The number of carbonyl (C=O) groups is 1. The highest BCUT2D eigenvalue weighted by atomic mass is 16.5. The van der Waals surface area contributed by atoms with Gasteiger partial charge >= 0.3 is 5.97 Å². The van der Waals surface area contributed by atoms with Crippen LogP contribution in [0, 0.1) is 5.92 Å². The maximum absolute atomic E-state index is 11.3. The fourth-order valence-corrected chi connectivity index (χ4v) is 2.58. The van der Waals surface area contributed by atoms with Crippen LogP contribution in [0.2, 0.25) is 0 Å². The highest BCUT2D eigenvalue weighted by Gasteiger charge is 2.21. The Morgan fingerprint density at radius 1 is 1.48 bits per heavy atom. The normalized spacial score (nSPS) is 14.7. The lowest BCUT2D eigenvalue weighted by molar-refractivity contribution is 0.0699. The number of fused-ring (bicyclic) bond motifs is 1. The van der Waals surface area contributed by atoms with Crippen LogP contribution in [0.5, 0.6) is 0 Å². The molecule has 0 spiro atoms. The van der Waals surface area contributed by atoms with Crippen LogP contribution in [0.25, 0.3) is 11.0 Å². The van der Waals surface area contributed by atoms with Crippen LogP contribution in [0.4, 0.5) is 0 Å². The second-order valence-corrected chi connectivity index (χ2v) is 5.53. The molecule has 3 rings (SSSR count). The summed E-state index contributed by atoms with van der Waals surface area (Å²) in [5.74, 6) is 0.736. The highest BCUT2D eigenvalue weighted by Crippen LogP contribution is 2.28. The zero-order valence-corrected chi connectivity index (χ0v) is 12.2. The molecule has 2 aromatic rings. The summed E-state index contributed by atoms with van der Waals surface area (Å²) >= 11 is 0. The van der Waals surface area contributed by atoms with Gasteiger partial charge in [-0.05, 0) is 30.9 Å². The second kappa shape index (κ2) is 5.85. The average Bonchev–Trinajstić information content (AvgIpc) is 3.23. The van der Waals surface area contributed by atoms with E-state index in [4.69, 9.17) is 4.74 Å². The molecule has 1 fully saturated rings. The number of nitrogens with zero attached hydrogens (tertiary/aromatic N) is 2. The minimum absolute atomic E-state index is 0.264. The Kier molecular flexibility index (Phi) is 3.92. The molecule has 5 heteroatoms. The number of carboxylic acid groups (broad SMARTS) is 1. The smallest absolute Gasteiger partial charge is 0.337 e. The summed E-state index contributed by atoms with van der Waals surface area (Å²) in [5.41, 5.74) is 1.71. The van der Waals surface area contributed by atoms with Crippen LogP contribution in [0.3, 0.4) is 0 Å². The lowest BCUT2D eigenvalue weighted by Crippen LogP contribution is -2.10. The van der Waals surface area contributed by atoms with Crippen LogP contribution in [-0.4, -0.2) is 33.8 Å². The van der Waals surface area contributed by atoms with E-state index in [9.17, 15) is 9.90 Å². The summed E-state index contributed by atoms with van der Waals surface area (Å²) in [6.07, 6.45) is 3.35. The molecule has 0 aliphatic heterocycles. The number of ether oxygens (including phenoxy) is 1. The lowest BCUT2D eigenvalue weighted by Gasteiger charge is -2.08. The number of imidazole rings is 1. The Morgan fingerprint density at radius 2 is 2.29 bits per heavy atom. The molecular formula is C16H20N2O3. The van der Waals surface area contributed by atoms with E-state index in [-0.39, 0.29) is 5.56 Å². The van der Waals surface area contributed by atoms with Crippen molar-refractivity contribution in [1.29, 1.82) is 0 Å². The fourth-order valence-electron chi connectivity index (χ4n) is 2.58. The SMILES string of the molecule is CCc1nc2c(C(=O)O)cccc2n1CCOCC1CC1. The average molecular weight is 288 g/mol. The zero-order chi connectivity index (χ0) is 14.8. The monoisotopic (exact) mass is 288 g/mol. The van der Waals surface area contributed by atoms with Crippen molar-refractivity contribution in [2.24, 2.45) is 5.92 Å². The summed E-state index contributed by atoms with van der Waals surface area (Å²) in [5, 5.41) is 9.26. The van der Waals surface area contributed by atoms with Crippen molar-refractivity contribution in [2.75, 3.05) is 13.2 Å². The second-order valence-electron chi connectivity index (χ2n) is 5.53. The van der Waals surface area contributed by atoms with E-state index < -0.39 is 5.97 Å². The molecule has 1 aromatic heterocycles. The predicted molar refractivity (Wildman–Crippen MR) is 79.6 cm³/mol. The van der Waals surface area contributed by atoms with Gasteiger partial charge in [-0.15, -0.1) is 0 Å². The van der Waals surface area contributed by atoms with E-state index in [1.54, 1.807) is 12.1 Å². The van der Waals surface area contributed by atoms with Crippen LogP contribution in [-0.2, 0) is 17.7 Å². The summed E-state index contributed by atoms with van der Waals surface area (Å²) in [6.45, 7) is 4.24. The van der Waals surface area contributed by atoms with Crippen LogP contribution < -0.4 is 0 Å². The molecule has 1 saturated carbocycles. The first kappa shape index (κ1) is 14.1. The number of rotatable bonds is 7. The van der Waals surface area contributed by atoms with E-state index in [1.807, 2.05) is 13.0 Å². The van der Waals surface area contributed by atoms with E-state index in [0.29, 0.717) is 12.1 Å². The van der Waals surface area contributed by atoms with Gasteiger partial charge in [0.1, 0.15) is 11.3 Å². The van der Waals surface area contributed by atoms with Gasteiger partial charge in [-0.1, -0.05) is 13.0 Å². The number of aromatic nitrogens is 2. The van der Waals surface area contributed by atoms with Crippen LogP contribution in [0.15, 0.2) is 18.2 Å². The van der Waals surface area contributed by atoms with Crippen molar-refractivity contribution in [3.63, 3.8) is 0 Å². The molecule has 112 valence electrons. The maximum Gasteiger partial charge on any atom is 0.337 e. The highest BCUT2D eigenvalue weighted by molar-refractivity contribution is 6.01. The van der Waals surface area contributed by atoms with Gasteiger partial charge in [-0.25, -0.2) is 9.78 Å². The third-order valence-electron chi connectivity index (χ3n) is 3.91. The Hall–Kier alpha value is -1.88. The molecule has 0 saturated heterocycles. The Labute approximate surface area is 123 Å². The minimum atomic E-state index is -0.933. The maximum atomic E-state index is 11.3.